The summed E-state index contributed by atoms with van der Waals surface area (Å²) in [7, 11) is 0. The zero-order chi connectivity index (χ0) is 30.3. The summed E-state index contributed by atoms with van der Waals surface area (Å²) in [6.45, 7) is 7.91. The molecule has 3 rings (SSSR count). The first kappa shape index (κ1) is 32.7. The first-order valence-corrected chi connectivity index (χ1v) is 14.7. The van der Waals surface area contributed by atoms with Crippen LogP contribution in [0, 0.1) is 17.7 Å². The Morgan fingerprint density at radius 3 is 2.40 bits per heavy atom. The van der Waals surface area contributed by atoms with Crippen LogP contribution in [0.25, 0.3) is 0 Å². The molecule has 0 unspecified atom stereocenters. The molecule has 0 aromatic heterocycles. The summed E-state index contributed by atoms with van der Waals surface area (Å²) in [5.74, 6) is -2.17. The minimum absolute atomic E-state index is 0.0273. The number of allylic oxidation sites excluding steroid dienone is 2. The molecule has 7 nitrogen and oxygen atoms in total. The van der Waals surface area contributed by atoms with Crippen molar-refractivity contribution in [3.63, 3.8) is 0 Å². The lowest BCUT2D eigenvalue weighted by atomic mass is 9.94. The molecule has 1 aliphatic heterocycles. The number of benzene rings is 2. The van der Waals surface area contributed by atoms with Gasteiger partial charge in [-0.15, -0.1) is 13.2 Å². The number of halogens is 1. The fourth-order valence-electron chi connectivity index (χ4n) is 5.40. The van der Waals surface area contributed by atoms with E-state index in [1.807, 2.05) is 30.3 Å². The molecule has 2 aromatic rings. The number of nitrogens with zero attached hydrogens (tertiary/aromatic N) is 1. The normalized spacial score (nSPS) is 16.7. The topological polar surface area (TPSA) is 95.9 Å². The molecule has 1 heterocycles. The van der Waals surface area contributed by atoms with Gasteiger partial charge in [0, 0.05) is 13.0 Å². The lowest BCUT2D eigenvalue weighted by Gasteiger charge is -2.29. The highest BCUT2D eigenvalue weighted by molar-refractivity contribution is 5.86. The Morgan fingerprint density at radius 1 is 1.02 bits per heavy atom. The second kappa shape index (κ2) is 17.2. The molecule has 226 valence electrons. The number of hydrogen-bond acceptors (Lipinski definition) is 5. The van der Waals surface area contributed by atoms with E-state index in [2.05, 4.69) is 18.5 Å². The number of esters is 1. The van der Waals surface area contributed by atoms with Crippen LogP contribution in [0.3, 0.4) is 0 Å². The third kappa shape index (κ3) is 10.2. The van der Waals surface area contributed by atoms with E-state index in [0.717, 1.165) is 17.5 Å². The molecule has 4 atom stereocenters. The number of aliphatic hydroxyl groups is 1. The van der Waals surface area contributed by atoms with Crippen molar-refractivity contribution in [2.75, 3.05) is 19.8 Å². The molecule has 2 N–H and O–H groups in total. The van der Waals surface area contributed by atoms with Crippen molar-refractivity contribution in [3.05, 3.63) is 96.9 Å². The van der Waals surface area contributed by atoms with Crippen LogP contribution in [0.15, 0.2) is 79.9 Å². The first-order chi connectivity index (χ1) is 20.3. The molecular weight excluding hydrogens is 535 g/mol. The monoisotopic (exact) mass is 578 g/mol. The lowest BCUT2D eigenvalue weighted by molar-refractivity contribution is -0.152. The van der Waals surface area contributed by atoms with E-state index in [9.17, 15) is 23.9 Å². The maximum Gasteiger partial charge on any atom is 0.309 e. The molecule has 1 aliphatic rings. The van der Waals surface area contributed by atoms with Gasteiger partial charge in [0.2, 0.25) is 11.8 Å². The van der Waals surface area contributed by atoms with Crippen molar-refractivity contribution in [2.24, 2.45) is 11.8 Å². The number of hydrogen-bond donors (Lipinski definition) is 2. The van der Waals surface area contributed by atoms with Crippen LogP contribution in [0.1, 0.15) is 49.7 Å². The largest absolute Gasteiger partial charge is 0.463 e. The first-order valence-electron chi connectivity index (χ1n) is 14.7. The maximum absolute atomic E-state index is 13.6. The third-order valence-corrected chi connectivity index (χ3v) is 7.67. The van der Waals surface area contributed by atoms with Gasteiger partial charge < -0.3 is 20.1 Å². The van der Waals surface area contributed by atoms with Crippen molar-refractivity contribution in [2.45, 2.75) is 63.5 Å². The number of ether oxygens (including phenoxy) is 1. The standard InChI is InChI=1S/C34H43FN2O5/c1-3-5-13-28(20-26-15-17-29(35)18-16-26)34(41)42-24-31-14-9-19-37(31)33(40)27(10-4-2)22-32(39)36-30(23-38)21-25-11-7-6-8-12-25/h3-4,6-8,11-12,15-18,27-28,30-31,38H,1-2,5,9-10,13-14,19-24H2,(H,36,39)/t27-,28-,30+,31-/m0/s1. The molecule has 42 heavy (non-hydrogen) atoms. The highest BCUT2D eigenvalue weighted by Crippen LogP contribution is 2.25. The van der Waals surface area contributed by atoms with Crippen LogP contribution in [-0.4, -0.2) is 59.6 Å². The SMILES string of the molecule is C=CCC[C@@H](Cc1ccc(F)cc1)C(=O)OC[C@@H]1CCCN1C(=O)[C@@H](CC=C)CC(=O)N[C@@H](CO)Cc1ccccc1. The van der Waals surface area contributed by atoms with Gasteiger partial charge in [0.25, 0.3) is 0 Å². The van der Waals surface area contributed by atoms with Gasteiger partial charge in [0.05, 0.1) is 30.5 Å². The molecule has 0 spiro atoms. The van der Waals surface area contributed by atoms with Crippen molar-refractivity contribution in [1.29, 1.82) is 0 Å². The van der Waals surface area contributed by atoms with E-state index >= 15 is 0 Å². The third-order valence-electron chi connectivity index (χ3n) is 7.67. The smallest absolute Gasteiger partial charge is 0.309 e. The Balaban J connectivity index is 1.57. The quantitative estimate of drug-likeness (QED) is 0.208. The molecule has 8 heteroatoms. The van der Waals surface area contributed by atoms with Crippen LogP contribution in [0.2, 0.25) is 0 Å². The minimum Gasteiger partial charge on any atom is -0.463 e. The number of rotatable bonds is 17. The molecule has 1 saturated heterocycles. The fourth-order valence-corrected chi connectivity index (χ4v) is 5.40. The van der Waals surface area contributed by atoms with Gasteiger partial charge in [-0.05, 0) is 68.2 Å². The molecule has 2 aromatic carbocycles. The van der Waals surface area contributed by atoms with E-state index in [0.29, 0.717) is 45.1 Å². The zero-order valence-corrected chi connectivity index (χ0v) is 24.3. The maximum atomic E-state index is 13.6. The summed E-state index contributed by atoms with van der Waals surface area (Å²) in [6.07, 6.45) is 7.28. The number of carbonyl (C=O) groups is 3. The minimum atomic E-state index is -0.603. The number of aliphatic hydroxyl groups excluding tert-OH is 1. The van der Waals surface area contributed by atoms with Gasteiger partial charge in [-0.3, -0.25) is 14.4 Å². The Labute approximate surface area is 248 Å². The Kier molecular flexibility index (Phi) is 13.4. The number of nitrogens with one attached hydrogen (secondary N) is 1. The van der Waals surface area contributed by atoms with Crippen molar-refractivity contribution >= 4 is 17.8 Å². The molecule has 0 saturated carbocycles. The summed E-state index contributed by atoms with van der Waals surface area (Å²) in [5.41, 5.74) is 1.84. The van der Waals surface area contributed by atoms with Gasteiger partial charge in [0.15, 0.2) is 0 Å². The predicted molar refractivity (Wildman–Crippen MR) is 161 cm³/mol. The predicted octanol–water partition coefficient (Wildman–Crippen LogP) is 4.79. The van der Waals surface area contributed by atoms with E-state index in [1.54, 1.807) is 29.2 Å². The number of carbonyl (C=O) groups excluding carboxylic acids is 3. The number of amides is 2. The Bertz CT molecular complexity index is 1170. The zero-order valence-electron chi connectivity index (χ0n) is 24.3. The average Bonchev–Trinajstić information content (AvgIpc) is 3.47. The summed E-state index contributed by atoms with van der Waals surface area (Å²) in [4.78, 5) is 41.3. The Hall–Kier alpha value is -3.78. The highest BCUT2D eigenvalue weighted by atomic mass is 19.1. The summed E-state index contributed by atoms with van der Waals surface area (Å²) in [5, 5.41) is 12.7. The van der Waals surface area contributed by atoms with Crippen LogP contribution >= 0.6 is 0 Å². The molecule has 0 bridgehead atoms. The van der Waals surface area contributed by atoms with E-state index < -0.39 is 17.9 Å². The van der Waals surface area contributed by atoms with Crippen molar-refractivity contribution in [3.8, 4) is 0 Å². The van der Waals surface area contributed by atoms with Gasteiger partial charge in [-0.25, -0.2) is 4.39 Å². The second-order valence-corrected chi connectivity index (χ2v) is 10.9. The summed E-state index contributed by atoms with van der Waals surface area (Å²) >= 11 is 0. The van der Waals surface area contributed by atoms with Crippen LogP contribution in [0.4, 0.5) is 4.39 Å². The molecule has 0 radical (unpaired) electrons. The van der Waals surface area contributed by atoms with Gasteiger partial charge in [0.1, 0.15) is 12.4 Å². The van der Waals surface area contributed by atoms with Crippen molar-refractivity contribution in [1.82, 2.24) is 10.2 Å². The van der Waals surface area contributed by atoms with Crippen LogP contribution in [0.5, 0.6) is 0 Å². The Morgan fingerprint density at radius 2 is 1.74 bits per heavy atom. The van der Waals surface area contributed by atoms with E-state index in [-0.39, 0.29) is 49.3 Å². The van der Waals surface area contributed by atoms with Gasteiger partial charge in [-0.2, -0.15) is 0 Å². The molecular formula is C34H43FN2O5. The fraction of sp³-hybridized carbons (Fsp3) is 0.441. The molecule has 2 amide bonds. The van der Waals surface area contributed by atoms with Gasteiger partial charge >= 0.3 is 5.97 Å². The van der Waals surface area contributed by atoms with Crippen molar-refractivity contribution < 1.29 is 28.6 Å². The number of likely N-dealkylation sites (tertiary alicyclic amines) is 1. The molecule has 1 fully saturated rings. The highest BCUT2D eigenvalue weighted by Gasteiger charge is 2.35. The van der Waals surface area contributed by atoms with Crippen LogP contribution < -0.4 is 5.32 Å². The summed E-state index contributed by atoms with van der Waals surface area (Å²) < 4.78 is 19.1. The lowest BCUT2D eigenvalue weighted by Crippen LogP contribution is -2.45. The van der Waals surface area contributed by atoms with Crippen LogP contribution in [-0.2, 0) is 32.0 Å². The summed E-state index contributed by atoms with van der Waals surface area (Å²) in [6, 6.07) is 14.9. The van der Waals surface area contributed by atoms with E-state index in [4.69, 9.17) is 4.74 Å². The average molecular weight is 579 g/mol. The van der Waals surface area contributed by atoms with Gasteiger partial charge in [-0.1, -0.05) is 54.6 Å². The molecule has 0 aliphatic carbocycles. The van der Waals surface area contributed by atoms with E-state index in [1.165, 1.54) is 12.1 Å². The second-order valence-electron chi connectivity index (χ2n) is 10.9.